The van der Waals surface area contributed by atoms with Crippen molar-refractivity contribution in [1.82, 2.24) is 15.0 Å². The highest BCUT2D eigenvalue weighted by molar-refractivity contribution is 7.22. The summed E-state index contributed by atoms with van der Waals surface area (Å²) in [5, 5.41) is 6.53. The number of hydrogen-bond donors (Lipinski definition) is 2. The summed E-state index contributed by atoms with van der Waals surface area (Å²) >= 11 is 1.46. The number of benzene rings is 2. The van der Waals surface area contributed by atoms with E-state index in [-0.39, 0.29) is 5.91 Å². The Kier molecular flexibility index (Phi) is 4.28. The monoisotopic (exact) mass is 361 g/mol. The fourth-order valence-corrected chi connectivity index (χ4v) is 3.44. The van der Waals surface area contributed by atoms with Crippen molar-refractivity contribution in [1.29, 1.82) is 0 Å². The normalized spacial score (nSPS) is 10.7. The number of rotatable bonds is 4. The van der Waals surface area contributed by atoms with Crippen molar-refractivity contribution in [2.45, 2.75) is 6.92 Å². The van der Waals surface area contributed by atoms with E-state index < -0.39 is 0 Å². The van der Waals surface area contributed by atoms with Crippen LogP contribution in [-0.4, -0.2) is 20.9 Å². The van der Waals surface area contributed by atoms with Gasteiger partial charge in [-0.3, -0.25) is 10.1 Å². The van der Waals surface area contributed by atoms with Crippen LogP contribution in [0.15, 0.2) is 60.9 Å². The number of carbonyl (C=O) groups is 1. The molecule has 0 radical (unpaired) electrons. The first-order valence-electron chi connectivity index (χ1n) is 8.00. The number of anilines is 3. The van der Waals surface area contributed by atoms with Gasteiger partial charge >= 0.3 is 0 Å². The number of nitrogens with zero attached hydrogens (tertiary/aromatic N) is 3. The fraction of sp³-hybridized carbons (Fsp3) is 0.0526. The number of thiazole rings is 1. The van der Waals surface area contributed by atoms with Gasteiger partial charge in [-0.1, -0.05) is 23.5 Å². The molecular weight excluding hydrogens is 346 g/mol. The molecule has 0 aliphatic heterocycles. The molecule has 0 aliphatic carbocycles. The van der Waals surface area contributed by atoms with Crippen LogP contribution in [0.3, 0.4) is 0 Å². The van der Waals surface area contributed by atoms with Gasteiger partial charge < -0.3 is 5.32 Å². The average Bonchev–Trinajstić information content (AvgIpc) is 3.04. The molecule has 0 saturated carbocycles. The summed E-state index contributed by atoms with van der Waals surface area (Å²) in [6.07, 6.45) is 3.31. The van der Waals surface area contributed by atoms with Crippen LogP contribution in [0, 0.1) is 6.92 Å². The van der Waals surface area contributed by atoms with Gasteiger partial charge in [-0.2, -0.15) is 0 Å². The zero-order chi connectivity index (χ0) is 17.9. The molecule has 0 fully saturated rings. The molecule has 4 rings (SSSR count). The Morgan fingerprint density at radius 1 is 1.04 bits per heavy atom. The second-order valence-corrected chi connectivity index (χ2v) is 6.75. The second-order valence-electron chi connectivity index (χ2n) is 5.72. The molecule has 7 heteroatoms. The van der Waals surface area contributed by atoms with Crippen LogP contribution in [0.5, 0.6) is 0 Å². The fourth-order valence-electron chi connectivity index (χ4n) is 2.49. The predicted molar refractivity (Wildman–Crippen MR) is 104 cm³/mol. The maximum absolute atomic E-state index is 12.6. The van der Waals surface area contributed by atoms with Crippen molar-refractivity contribution in [2.24, 2.45) is 0 Å². The largest absolute Gasteiger partial charge is 0.324 e. The van der Waals surface area contributed by atoms with Gasteiger partial charge in [0.1, 0.15) is 0 Å². The molecule has 2 aromatic heterocycles. The van der Waals surface area contributed by atoms with Gasteiger partial charge in [0.05, 0.1) is 10.2 Å². The third-order valence-electron chi connectivity index (χ3n) is 3.71. The highest BCUT2D eigenvalue weighted by Crippen LogP contribution is 2.27. The van der Waals surface area contributed by atoms with E-state index in [2.05, 4.69) is 31.7 Å². The summed E-state index contributed by atoms with van der Waals surface area (Å²) in [4.78, 5) is 25.3. The minimum Gasteiger partial charge on any atom is -0.324 e. The minimum absolute atomic E-state index is 0.210. The molecule has 0 spiro atoms. The molecule has 0 saturated heterocycles. The Bertz CT molecular complexity index is 1080. The molecule has 2 N–H and O–H groups in total. The number of aromatic nitrogens is 3. The van der Waals surface area contributed by atoms with Crippen LogP contribution < -0.4 is 10.6 Å². The molecule has 26 heavy (non-hydrogen) atoms. The standard InChI is InChI=1S/C19H15N5OS/c1-12-6-7-15-16(10-12)26-19(23-15)24-17(25)13-4-2-5-14(11-13)22-18-20-8-3-9-21-18/h2-11H,1H3,(H,20,21,22)(H,23,24,25). The van der Waals surface area contributed by atoms with E-state index in [1.54, 1.807) is 30.6 Å². The number of fused-ring (bicyclic) bond motifs is 1. The number of carbonyl (C=O) groups excluding carboxylic acids is 1. The van der Waals surface area contributed by atoms with Crippen molar-refractivity contribution >= 4 is 44.2 Å². The Morgan fingerprint density at radius 2 is 1.88 bits per heavy atom. The summed E-state index contributed by atoms with van der Waals surface area (Å²) in [5.74, 6) is 0.269. The lowest BCUT2D eigenvalue weighted by molar-refractivity contribution is 0.102. The van der Waals surface area contributed by atoms with Gasteiger partial charge in [0.15, 0.2) is 5.13 Å². The molecule has 0 bridgehead atoms. The molecule has 1 amide bonds. The van der Waals surface area contributed by atoms with Crippen LogP contribution in [0.2, 0.25) is 0 Å². The summed E-state index contributed by atoms with van der Waals surface area (Å²) in [7, 11) is 0. The molecule has 0 atom stereocenters. The third kappa shape index (κ3) is 3.52. The van der Waals surface area contributed by atoms with E-state index in [4.69, 9.17) is 0 Å². The highest BCUT2D eigenvalue weighted by Gasteiger charge is 2.11. The van der Waals surface area contributed by atoms with Crippen LogP contribution in [0.25, 0.3) is 10.2 Å². The third-order valence-corrected chi connectivity index (χ3v) is 4.64. The minimum atomic E-state index is -0.210. The van der Waals surface area contributed by atoms with Crippen molar-refractivity contribution < 1.29 is 4.79 Å². The molecule has 0 aliphatic rings. The lowest BCUT2D eigenvalue weighted by Gasteiger charge is -2.06. The predicted octanol–water partition coefficient (Wildman–Crippen LogP) is 4.39. The zero-order valence-electron chi connectivity index (χ0n) is 13.9. The lowest BCUT2D eigenvalue weighted by atomic mass is 10.2. The van der Waals surface area contributed by atoms with E-state index in [1.165, 1.54) is 16.9 Å². The Balaban J connectivity index is 1.53. The summed E-state index contributed by atoms with van der Waals surface area (Å²) in [5.41, 5.74) is 3.32. The number of aryl methyl sites for hydroxylation is 1. The van der Waals surface area contributed by atoms with Crippen molar-refractivity contribution in [3.05, 3.63) is 72.1 Å². The first-order chi connectivity index (χ1) is 12.7. The number of hydrogen-bond acceptors (Lipinski definition) is 6. The summed E-state index contributed by atoms with van der Waals surface area (Å²) in [6.45, 7) is 2.03. The Morgan fingerprint density at radius 3 is 2.73 bits per heavy atom. The molecule has 0 unspecified atom stereocenters. The van der Waals surface area contributed by atoms with Crippen LogP contribution in [0.4, 0.5) is 16.8 Å². The molecular formula is C19H15N5OS. The quantitative estimate of drug-likeness (QED) is 0.563. The first-order valence-corrected chi connectivity index (χ1v) is 8.82. The van der Waals surface area contributed by atoms with Gasteiger partial charge in [0, 0.05) is 23.6 Å². The maximum atomic E-state index is 12.6. The Labute approximate surface area is 154 Å². The van der Waals surface area contributed by atoms with E-state index >= 15 is 0 Å². The maximum Gasteiger partial charge on any atom is 0.257 e. The van der Waals surface area contributed by atoms with Crippen LogP contribution in [0.1, 0.15) is 15.9 Å². The molecule has 2 heterocycles. The van der Waals surface area contributed by atoms with Gasteiger partial charge in [0.25, 0.3) is 5.91 Å². The lowest BCUT2D eigenvalue weighted by Crippen LogP contribution is -2.11. The topological polar surface area (TPSA) is 79.8 Å². The van der Waals surface area contributed by atoms with Gasteiger partial charge in [-0.15, -0.1) is 0 Å². The van der Waals surface area contributed by atoms with Crippen molar-refractivity contribution in [3.8, 4) is 0 Å². The average molecular weight is 361 g/mol. The van der Waals surface area contributed by atoms with E-state index in [9.17, 15) is 4.79 Å². The Hall–Kier alpha value is -3.32. The molecule has 4 aromatic rings. The van der Waals surface area contributed by atoms with Crippen LogP contribution >= 0.6 is 11.3 Å². The van der Waals surface area contributed by atoms with E-state index in [1.807, 2.05) is 31.2 Å². The molecule has 128 valence electrons. The van der Waals surface area contributed by atoms with Crippen molar-refractivity contribution in [3.63, 3.8) is 0 Å². The zero-order valence-corrected chi connectivity index (χ0v) is 14.7. The second kappa shape index (κ2) is 6.89. The molecule has 6 nitrogen and oxygen atoms in total. The SMILES string of the molecule is Cc1ccc2nc(NC(=O)c3cccc(Nc4ncccn4)c3)sc2c1. The van der Waals surface area contributed by atoms with E-state index in [0.29, 0.717) is 16.6 Å². The highest BCUT2D eigenvalue weighted by atomic mass is 32.1. The van der Waals surface area contributed by atoms with Gasteiger partial charge in [-0.25, -0.2) is 15.0 Å². The number of amides is 1. The van der Waals surface area contributed by atoms with E-state index in [0.717, 1.165) is 15.9 Å². The molecule has 2 aromatic carbocycles. The van der Waals surface area contributed by atoms with Gasteiger partial charge in [0.2, 0.25) is 5.95 Å². The van der Waals surface area contributed by atoms with Gasteiger partial charge in [-0.05, 0) is 48.9 Å². The summed E-state index contributed by atoms with van der Waals surface area (Å²) in [6, 6.07) is 14.9. The first kappa shape index (κ1) is 16.2. The number of nitrogens with one attached hydrogen (secondary N) is 2. The smallest absolute Gasteiger partial charge is 0.257 e. The van der Waals surface area contributed by atoms with Crippen LogP contribution in [-0.2, 0) is 0 Å². The van der Waals surface area contributed by atoms with Crippen molar-refractivity contribution in [2.75, 3.05) is 10.6 Å². The summed E-state index contributed by atoms with van der Waals surface area (Å²) < 4.78 is 1.05.